The quantitative estimate of drug-likeness (QED) is 0.725. The molecule has 0 nitrogen and oxygen atoms in total. The summed E-state index contributed by atoms with van der Waals surface area (Å²) in [5, 5.41) is 0. The first kappa shape index (κ1) is 12.5. The normalized spacial score (nSPS) is 29.6. The minimum absolute atomic E-state index is 0.607. The average molecular weight is 274 g/mol. The lowest BCUT2D eigenvalue weighted by molar-refractivity contribution is 0.409. The topological polar surface area (TPSA) is 0 Å². The molecule has 1 heterocycles. The van der Waals surface area contributed by atoms with Gasteiger partial charge in [0, 0.05) is 5.56 Å². The van der Waals surface area contributed by atoms with Gasteiger partial charge in [0.1, 0.15) is 0 Å². The molecule has 0 radical (unpaired) electrons. The number of terminal acetylenes is 1. The summed E-state index contributed by atoms with van der Waals surface area (Å²) in [4.78, 5) is 0. The highest BCUT2D eigenvalue weighted by molar-refractivity contribution is 8.16. The third kappa shape index (κ3) is 2.44. The zero-order valence-electron chi connectivity index (χ0n) is 10.7. The maximum atomic E-state index is 5.39. The zero-order chi connectivity index (χ0) is 12.6. The van der Waals surface area contributed by atoms with Crippen LogP contribution in [0.1, 0.15) is 35.5 Å². The molecular formula is C16H18S2. The molecule has 0 aromatic heterocycles. The fraction of sp³-hybridized carbons (Fsp3) is 0.500. The number of hydrogen-bond donors (Lipinski definition) is 0. The first-order valence-electron chi connectivity index (χ1n) is 6.51. The van der Waals surface area contributed by atoms with E-state index in [9.17, 15) is 0 Å². The Bertz CT molecular complexity index is 457. The van der Waals surface area contributed by atoms with Gasteiger partial charge >= 0.3 is 0 Å². The Balaban J connectivity index is 1.63. The number of benzene rings is 1. The van der Waals surface area contributed by atoms with E-state index in [2.05, 4.69) is 60.6 Å². The number of rotatable bonds is 2. The lowest BCUT2D eigenvalue weighted by Gasteiger charge is -2.31. The SMILES string of the molecule is C#Cc1ccc(C2SCC(C3(C)CC3)CS2)cc1. The molecular weight excluding hydrogens is 256 g/mol. The first-order valence-corrected chi connectivity index (χ1v) is 8.61. The van der Waals surface area contributed by atoms with Crippen LogP contribution in [0.3, 0.4) is 0 Å². The van der Waals surface area contributed by atoms with Crippen molar-refractivity contribution in [3.8, 4) is 12.3 Å². The van der Waals surface area contributed by atoms with Gasteiger partial charge < -0.3 is 0 Å². The Morgan fingerprint density at radius 1 is 1.17 bits per heavy atom. The molecule has 3 rings (SSSR count). The molecule has 0 N–H and O–H groups in total. The molecule has 0 bridgehead atoms. The van der Waals surface area contributed by atoms with Gasteiger partial charge in [-0.2, -0.15) is 0 Å². The summed E-state index contributed by atoms with van der Waals surface area (Å²) in [5.41, 5.74) is 3.08. The molecule has 1 aromatic rings. The van der Waals surface area contributed by atoms with Crippen molar-refractivity contribution in [1.82, 2.24) is 0 Å². The van der Waals surface area contributed by atoms with Gasteiger partial charge in [0.15, 0.2) is 0 Å². The Morgan fingerprint density at radius 2 is 1.78 bits per heavy atom. The molecule has 2 fully saturated rings. The molecule has 1 saturated heterocycles. The highest BCUT2D eigenvalue weighted by Crippen LogP contribution is 2.58. The van der Waals surface area contributed by atoms with Gasteiger partial charge in [0.2, 0.25) is 0 Å². The van der Waals surface area contributed by atoms with E-state index in [0.717, 1.165) is 11.5 Å². The van der Waals surface area contributed by atoms with Crippen LogP contribution in [0.5, 0.6) is 0 Å². The molecule has 94 valence electrons. The van der Waals surface area contributed by atoms with Crippen LogP contribution in [0.25, 0.3) is 0 Å². The van der Waals surface area contributed by atoms with Crippen LogP contribution in [-0.2, 0) is 0 Å². The van der Waals surface area contributed by atoms with Crippen molar-refractivity contribution >= 4 is 23.5 Å². The van der Waals surface area contributed by atoms with Crippen molar-refractivity contribution in [2.75, 3.05) is 11.5 Å². The third-order valence-corrected chi connectivity index (χ3v) is 7.43. The summed E-state index contributed by atoms with van der Waals surface area (Å²) in [6.07, 6.45) is 8.28. The smallest absolute Gasteiger partial charge is 0.0751 e. The van der Waals surface area contributed by atoms with Crippen LogP contribution in [-0.4, -0.2) is 11.5 Å². The second-order valence-electron chi connectivity index (χ2n) is 5.62. The van der Waals surface area contributed by atoms with Crippen LogP contribution in [0.2, 0.25) is 0 Å². The highest BCUT2D eigenvalue weighted by Gasteiger charge is 2.46. The molecule has 1 saturated carbocycles. The lowest BCUT2D eigenvalue weighted by Crippen LogP contribution is -2.22. The van der Waals surface area contributed by atoms with Gasteiger partial charge in [0.05, 0.1) is 4.58 Å². The lowest BCUT2D eigenvalue weighted by atomic mass is 9.95. The second-order valence-corrected chi connectivity index (χ2v) is 8.19. The molecule has 0 atom stereocenters. The van der Waals surface area contributed by atoms with Crippen molar-refractivity contribution in [2.45, 2.75) is 24.3 Å². The van der Waals surface area contributed by atoms with E-state index in [1.165, 1.54) is 29.9 Å². The summed E-state index contributed by atoms with van der Waals surface area (Å²) in [5.74, 6) is 6.25. The van der Waals surface area contributed by atoms with Gasteiger partial charge in [-0.05, 0) is 53.4 Å². The minimum atomic E-state index is 0.607. The third-order valence-electron chi connectivity index (χ3n) is 4.27. The van der Waals surface area contributed by atoms with E-state index in [4.69, 9.17) is 6.42 Å². The fourth-order valence-electron chi connectivity index (χ4n) is 2.44. The van der Waals surface area contributed by atoms with Gasteiger partial charge in [-0.1, -0.05) is 25.0 Å². The Kier molecular flexibility index (Phi) is 3.38. The molecule has 0 spiro atoms. The first-order chi connectivity index (χ1) is 8.71. The van der Waals surface area contributed by atoms with E-state index >= 15 is 0 Å². The molecule has 0 amide bonds. The Morgan fingerprint density at radius 3 is 2.28 bits per heavy atom. The summed E-state index contributed by atoms with van der Waals surface area (Å²) in [7, 11) is 0. The zero-order valence-corrected chi connectivity index (χ0v) is 12.3. The number of thioether (sulfide) groups is 2. The van der Waals surface area contributed by atoms with Crippen LogP contribution in [0.4, 0.5) is 0 Å². The van der Waals surface area contributed by atoms with E-state index in [-0.39, 0.29) is 0 Å². The second kappa shape index (κ2) is 4.87. The monoisotopic (exact) mass is 274 g/mol. The molecule has 1 aliphatic heterocycles. The van der Waals surface area contributed by atoms with Crippen LogP contribution < -0.4 is 0 Å². The van der Waals surface area contributed by atoms with Crippen molar-refractivity contribution < 1.29 is 0 Å². The van der Waals surface area contributed by atoms with Gasteiger partial charge in [-0.15, -0.1) is 29.9 Å². The maximum Gasteiger partial charge on any atom is 0.0751 e. The van der Waals surface area contributed by atoms with Gasteiger partial charge in [0.25, 0.3) is 0 Å². The van der Waals surface area contributed by atoms with Gasteiger partial charge in [-0.3, -0.25) is 0 Å². The van der Waals surface area contributed by atoms with E-state index in [1.807, 2.05) is 0 Å². The van der Waals surface area contributed by atoms with Gasteiger partial charge in [-0.25, -0.2) is 0 Å². The van der Waals surface area contributed by atoms with Crippen LogP contribution >= 0.6 is 23.5 Å². The summed E-state index contributed by atoms with van der Waals surface area (Å²) in [6, 6.07) is 8.51. The largest absolute Gasteiger partial charge is 0.142 e. The molecule has 2 aliphatic rings. The number of hydrogen-bond acceptors (Lipinski definition) is 2. The highest BCUT2D eigenvalue weighted by atomic mass is 32.2. The predicted molar refractivity (Wildman–Crippen MR) is 82.9 cm³/mol. The maximum absolute atomic E-state index is 5.39. The Hall–Kier alpha value is -0.520. The Labute approximate surface area is 118 Å². The molecule has 18 heavy (non-hydrogen) atoms. The van der Waals surface area contributed by atoms with Crippen LogP contribution in [0.15, 0.2) is 24.3 Å². The standard InChI is InChI=1S/C16H18S2/c1-3-12-4-6-13(7-5-12)15-17-10-14(11-18-15)16(2)8-9-16/h1,4-7,14-15H,8-11H2,2H3. The fourth-order valence-corrected chi connectivity index (χ4v) is 6.00. The molecule has 0 unspecified atom stereocenters. The van der Waals surface area contributed by atoms with E-state index in [0.29, 0.717) is 10.00 Å². The molecule has 1 aromatic carbocycles. The average Bonchev–Trinajstić information content (AvgIpc) is 3.18. The molecule has 2 heteroatoms. The van der Waals surface area contributed by atoms with Crippen molar-refractivity contribution in [3.63, 3.8) is 0 Å². The van der Waals surface area contributed by atoms with Crippen molar-refractivity contribution in [1.29, 1.82) is 0 Å². The summed E-state index contributed by atoms with van der Waals surface area (Å²) >= 11 is 4.23. The van der Waals surface area contributed by atoms with E-state index in [1.54, 1.807) is 0 Å². The van der Waals surface area contributed by atoms with Crippen molar-refractivity contribution in [3.05, 3.63) is 35.4 Å². The van der Waals surface area contributed by atoms with E-state index < -0.39 is 0 Å². The van der Waals surface area contributed by atoms with Crippen LogP contribution in [0, 0.1) is 23.7 Å². The van der Waals surface area contributed by atoms with Crippen molar-refractivity contribution in [2.24, 2.45) is 11.3 Å². The summed E-state index contributed by atoms with van der Waals surface area (Å²) < 4.78 is 0.607. The molecule has 1 aliphatic carbocycles. The minimum Gasteiger partial charge on any atom is -0.142 e. The predicted octanol–water partition coefficient (Wildman–Crippen LogP) is 4.56. The summed E-state index contributed by atoms with van der Waals surface area (Å²) in [6.45, 7) is 2.46.